The lowest BCUT2D eigenvalue weighted by Gasteiger charge is -2.43. The van der Waals surface area contributed by atoms with Crippen molar-refractivity contribution in [1.82, 2.24) is 4.90 Å². The van der Waals surface area contributed by atoms with E-state index < -0.39 is 5.97 Å². The van der Waals surface area contributed by atoms with E-state index in [0.717, 1.165) is 25.3 Å². The molecule has 1 N–H and O–H groups in total. The van der Waals surface area contributed by atoms with Crippen LogP contribution in [0.15, 0.2) is 24.3 Å². The number of hydrogen-bond acceptors (Lipinski definition) is 3. The Labute approximate surface area is 114 Å². The first kappa shape index (κ1) is 13.9. The Bertz CT molecular complexity index is 441. The van der Waals surface area contributed by atoms with E-state index >= 15 is 0 Å². The summed E-state index contributed by atoms with van der Waals surface area (Å²) in [6, 6.07) is 8.48. The summed E-state index contributed by atoms with van der Waals surface area (Å²) in [7, 11) is 1.69. The summed E-state index contributed by atoms with van der Waals surface area (Å²) in [5.74, 6) is 0.552. The monoisotopic (exact) mass is 263 g/mol. The molecule has 0 amide bonds. The van der Waals surface area contributed by atoms with Crippen LogP contribution in [0.1, 0.15) is 18.9 Å². The largest absolute Gasteiger partial charge is 0.496 e. The van der Waals surface area contributed by atoms with E-state index in [2.05, 4.69) is 17.9 Å². The third-order valence-corrected chi connectivity index (χ3v) is 3.78. The summed E-state index contributed by atoms with van der Waals surface area (Å²) >= 11 is 0. The van der Waals surface area contributed by atoms with Gasteiger partial charge in [-0.25, -0.2) is 0 Å². The fraction of sp³-hybridized carbons (Fsp3) is 0.533. The maximum absolute atomic E-state index is 10.6. The molecule has 1 aromatic rings. The first-order chi connectivity index (χ1) is 9.10. The average Bonchev–Trinajstić information content (AvgIpc) is 2.33. The molecule has 0 radical (unpaired) electrons. The zero-order valence-electron chi connectivity index (χ0n) is 11.5. The molecule has 0 saturated carbocycles. The van der Waals surface area contributed by atoms with E-state index in [1.807, 2.05) is 18.2 Å². The minimum absolute atomic E-state index is 0.290. The van der Waals surface area contributed by atoms with Gasteiger partial charge in [-0.3, -0.25) is 9.69 Å². The van der Waals surface area contributed by atoms with E-state index in [1.165, 1.54) is 5.56 Å². The van der Waals surface area contributed by atoms with Crippen LogP contribution in [0.3, 0.4) is 0 Å². The lowest BCUT2D eigenvalue weighted by molar-refractivity contribution is -0.139. The highest BCUT2D eigenvalue weighted by Gasteiger charge is 2.31. The Kier molecular flexibility index (Phi) is 4.43. The zero-order chi connectivity index (χ0) is 13.8. The number of ether oxygens (including phenoxy) is 1. The molecule has 1 aliphatic rings. The van der Waals surface area contributed by atoms with Gasteiger partial charge >= 0.3 is 5.97 Å². The lowest BCUT2D eigenvalue weighted by atomic mass is 9.92. The first-order valence-corrected chi connectivity index (χ1v) is 6.68. The number of aliphatic carboxylic acids is 1. The number of rotatable bonds is 6. The first-order valence-electron chi connectivity index (χ1n) is 6.68. The smallest absolute Gasteiger partial charge is 0.303 e. The van der Waals surface area contributed by atoms with Crippen LogP contribution < -0.4 is 4.74 Å². The van der Waals surface area contributed by atoms with Crippen LogP contribution >= 0.6 is 0 Å². The van der Waals surface area contributed by atoms with Gasteiger partial charge in [0.1, 0.15) is 5.75 Å². The molecule has 4 heteroatoms. The SMILES string of the molecule is COc1ccccc1CC(C)N1CC(CC(=O)O)C1. The third kappa shape index (κ3) is 3.47. The fourth-order valence-corrected chi connectivity index (χ4v) is 2.66. The number of methoxy groups -OCH3 is 1. The van der Waals surface area contributed by atoms with E-state index in [4.69, 9.17) is 9.84 Å². The summed E-state index contributed by atoms with van der Waals surface area (Å²) in [5.41, 5.74) is 1.21. The second-order valence-electron chi connectivity index (χ2n) is 5.28. The standard InChI is InChI=1S/C15H21NO3/c1-11(16-9-12(10-16)8-15(17)18)7-13-5-3-4-6-14(13)19-2/h3-6,11-12H,7-10H2,1-2H3,(H,17,18). The number of carboxylic acids is 1. The van der Waals surface area contributed by atoms with E-state index in [-0.39, 0.29) is 6.42 Å². The third-order valence-electron chi connectivity index (χ3n) is 3.78. The molecule has 104 valence electrons. The molecule has 0 aromatic heterocycles. The second kappa shape index (κ2) is 6.06. The number of hydrogen-bond donors (Lipinski definition) is 1. The Morgan fingerprint density at radius 3 is 2.79 bits per heavy atom. The van der Waals surface area contributed by atoms with Crippen molar-refractivity contribution in [2.45, 2.75) is 25.8 Å². The minimum atomic E-state index is -0.693. The Morgan fingerprint density at radius 2 is 2.16 bits per heavy atom. The van der Waals surface area contributed by atoms with Crippen molar-refractivity contribution < 1.29 is 14.6 Å². The van der Waals surface area contributed by atoms with E-state index in [0.29, 0.717) is 12.0 Å². The predicted molar refractivity (Wildman–Crippen MR) is 73.5 cm³/mol. The summed E-state index contributed by atoms with van der Waals surface area (Å²) in [4.78, 5) is 13.0. The Hall–Kier alpha value is -1.55. The summed E-state index contributed by atoms with van der Waals surface area (Å²) in [6.07, 6.45) is 1.22. The molecule has 19 heavy (non-hydrogen) atoms. The molecule has 1 unspecified atom stereocenters. The van der Waals surface area contributed by atoms with Crippen molar-refractivity contribution in [1.29, 1.82) is 0 Å². The maximum Gasteiger partial charge on any atom is 0.303 e. The van der Waals surface area contributed by atoms with Crippen LogP contribution in [0.25, 0.3) is 0 Å². The van der Waals surface area contributed by atoms with Gasteiger partial charge in [0.2, 0.25) is 0 Å². The quantitative estimate of drug-likeness (QED) is 0.853. The highest BCUT2D eigenvalue weighted by atomic mass is 16.5. The van der Waals surface area contributed by atoms with Crippen LogP contribution in [-0.2, 0) is 11.2 Å². The van der Waals surface area contributed by atoms with Crippen LogP contribution in [-0.4, -0.2) is 42.2 Å². The summed E-state index contributed by atoms with van der Waals surface area (Å²) in [6.45, 7) is 3.97. The molecule has 0 spiro atoms. The van der Waals surface area contributed by atoms with Gasteiger partial charge in [-0.15, -0.1) is 0 Å². The van der Waals surface area contributed by atoms with Gasteiger partial charge in [0.05, 0.1) is 13.5 Å². The van der Waals surface area contributed by atoms with Gasteiger partial charge in [0.15, 0.2) is 0 Å². The van der Waals surface area contributed by atoms with Gasteiger partial charge in [-0.2, -0.15) is 0 Å². The molecule has 1 heterocycles. The van der Waals surface area contributed by atoms with Crippen molar-refractivity contribution in [3.63, 3.8) is 0 Å². The van der Waals surface area contributed by atoms with Crippen LogP contribution in [0, 0.1) is 5.92 Å². The molecule has 1 aliphatic heterocycles. The topological polar surface area (TPSA) is 49.8 Å². The molecular formula is C15H21NO3. The molecule has 1 aromatic carbocycles. The number of benzene rings is 1. The van der Waals surface area contributed by atoms with Crippen molar-refractivity contribution in [3.05, 3.63) is 29.8 Å². The van der Waals surface area contributed by atoms with Gasteiger partial charge in [0, 0.05) is 19.1 Å². The molecule has 1 fully saturated rings. The zero-order valence-corrected chi connectivity index (χ0v) is 11.5. The molecule has 1 saturated heterocycles. The van der Waals surface area contributed by atoms with Crippen LogP contribution in [0.2, 0.25) is 0 Å². The molecule has 2 rings (SSSR count). The van der Waals surface area contributed by atoms with Crippen LogP contribution in [0.4, 0.5) is 0 Å². The fourth-order valence-electron chi connectivity index (χ4n) is 2.66. The number of likely N-dealkylation sites (tertiary alicyclic amines) is 1. The van der Waals surface area contributed by atoms with Crippen molar-refractivity contribution in [2.75, 3.05) is 20.2 Å². The molecular weight excluding hydrogens is 242 g/mol. The van der Waals surface area contributed by atoms with Gasteiger partial charge < -0.3 is 9.84 Å². The normalized spacial score (nSPS) is 17.8. The predicted octanol–water partition coefficient (Wildman–Crippen LogP) is 2.03. The minimum Gasteiger partial charge on any atom is -0.496 e. The number of nitrogens with zero attached hydrogens (tertiary/aromatic N) is 1. The Balaban J connectivity index is 1.85. The highest BCUT2D eigenvalue weighted by molar-refractivity contribution is 5.67. The number of carbonyl (C=O) groups is 1. The molecule has 4 nitrogen and oxygen atoms in total. The average molecular weight is 263 g/mol. The van der Waals surface area contributed by atoms with E-state index in [9.17, 15) is 4.79 Å². The van der Waals surface area contributed by atoms with Gasteiger partial charge in [0.25, 0.3) is 0 Å². The lowest BCUT2D eigenvalue weighted by Crippen LogP contribution is -2.52. The number of para-hydroxylation sites is 1. The second-order valence-corrected chi connectivity index (χ2v) is 5.28. The van der Waals surface area contributed by atoms with Crippen molar-refractivity contribution in [3.8, 4) is 5.75 Å². The molecule has 0 aliphatic carbocycles. The molecule has 0 bridgehead atoms. The van der Waals surface area contributed by atoms with Gasteiger partial charge in [-0.1, -0.05) is 18.2 Å². The summed E-state index contributed by atoms with van der Waals surface area (Å²) < 4.78 is 5.36. The maximum atomic E-state index is 10.6. The molecule has 1 atom stereocenters. The summed E-state index contributed by atoms with van der Waals surface area (Å²) in [5, 5.41) is 8.74. The van der Waals surface area contributed by atoms with E-state index in [1.54, 1.807) is 7.11 Å². The Morgan fingerprint density at radius 1 is 1.47 bits per heavy atom. The highest BCUT2D eigenvalue weighted by Crippen LogP contribution is 2.26. The van der Waals surface area contributed by atoms with Crippen LogP contribution in [0.5, 0.6) is 5.75 Å². The van der Waals surface area contributed by atoms with Crippen molar-refractivity contribution >= 4 is 5.97 Å². The number of carboxylic acid groups (broad SMARTS) is 1. The van der Waals surface area contributed by atoms with Gasteiger partial charge in [-0.05, 0) is 30.9 Å². The van der Waals surface area contributed by atoms with Crippen molar-refractivity contribution in [2.24, 2.45) is 5.92 Å².